The van der Waals surface area contributed by atoms with E-state index in [-0.39, 0.29) is 0 Å². The lowest BCUT2D eigenvalue weighted by atomic mass is 10.1. The molecular weight excluding hydrogens is 392 g/mol. The molecule has 4 rings (SSSR count). The Balaban J connectivity index is 1.79. The average molecular weight is 417 g/mol. The van der Waals surface area contributed by atoms with E-state index < -0.39 is 5.91 Å². The van der Waals surface area contributed by atoms with Gasteiger partial charge in [-0.15, -0.1) is 11.8 Å². The van der Waals surface area contributed by atoms with Gasteiger partial charge in [-0.25, -0.2) is 9.97 Å². The van der Waals surface area contributed by atoms with Crippen LogP contribution >= 0.6 is 11.8 Å². The molecule has 0 bridgehead atoms. The van der Waals surface area contributed by atoms with Crippen LogP contribution < -0.4 is 5.73 Å². The monoisotopic (exact) mass is 416 g/mol. The van der Waals surface area contributed by atoms with Gasteiger partial charge in [-0.2, -0.15) is 0 Å². The molecule has 0 spiro atoms. The van der Waals surface area contributed by atoms with E-state index in [1.54, 1.807) is 23.9 Å². The van der Waals surface area contributed by atoms with Crippen LogP contribution in [0.1, 0.15) is 36.5 Å². The van der Waals surface area contributed by atoms with E-state index in [4.69, 9.17) is 10.7 Å². The number of thioether (sulfide) groups is 1. The Morgan fingerprint density at radius 3 is 2.50 bits per heavy atom. The second kappa shape index (κ2) is 9.13. The van der Waals surface area contributed by atoms with Crippen LogP contribution in [0.2, 0.25) is 0 Å². The Morgan fingerprint density at radius 1 is 1.03 bits per heavy atom. The Morgan fingerprint density at radius 2 is 1.80 bits per heavy atom. The average Bonchev–Trinajstić information content (AvgIpc) is 3.21. The Kier molecular flexibility index (Phi) is 6.14. The summed E-state index contributed by atoms with van der Waals surface area (Å²) in [6.07, 6.45) is 7.47. The number of hydrogen-bond acceptors (Lipinski definition) is 4. The van der Waals surface area contributed by atoms with Crippen LogP contribution in [0.5, 0.6) is 0 Å². The van der Waals surface area contributed by atoms with E-state index in [0.717, 1.165) is 45.4 Å². The molecule has 0 aliphatic rings. The van der Waals surface area contributed by atoms with Gasteiger partial charge in [-0.1, -0.05) is 62.2 Å². The molecule has 0 aliphatic carbocycles. The first-order valence-corrected chi connectivity index (χ1v) is 11.1. The van der Waals surface area contributed by atoms with E-state index in [1.165, 1.54) is 12.8 Å². The molecule has 2 aromatic carbocycles. The Hall–Kier alpha value is -3.12. The van der Waals surface area contributed by atoms with E-state index in [0.29, 0.717) is 5.56 Å². The number of primary amides is 1. The van der Waals surface area contributed by atoms with Crippen LogP contribution in [0.3, 0.4) is 0 Å². The van der Waals surface area contributed by atoms with Crippen LogP contribution in [0.4, 0.5) is 0 Å². The third-order valence-electron chi connectivity index (χ3n) is 4.98. The maximum atomic E-state index is 11.4. The third kappa shape index (κ3) is 4.24. The van der Waals surface area contributed by atoms with Gasteiger partial charge < -0.3 is 5.73 Å². The molecule has 5 nitrogen and oxygen atoms in total. The fraction of sp³-hybridized carbons (Fsp3) is 0.208. The molecule has 0 radical (unpaired) electrons. The zero-order chi connectivity index (χ0) is 20.9. The number of nitrogens with zero attached hydrogens (tertiary/aromatic N) is 3. The number of rotatable bonds is 8. The minimum absolute atomic E-state index is 0.430. The third-order valence-corrected chi connectivity index (χ3v) is 6.02. The molecule has 0 atom stereocenters. The van der Waals surface area contributed by atoms with E-state index >= 15 is 0 Å². The number of fused-ring (bicyclic) bond motifs is 1. The predicted octanol–water partition coefficient (Wildman–Crippen LogP) is 5.44. The molecule has 152 valence electrons. The maximum absolute atomic E-state index is 11.4. The van der Waals surface area contributed by atoms with Crippen LogP contribution in [-0.2, 0) is 0 Å². The number of carbonyl (C=O) groups is 1. The highest BCUT2D eigenvalue weighted by Crippen LogP contribution is 2.30. The summed E-state index contributed by atoms with van der Waals surface area (Å²) in [5, 5.41) is 0.937. The van der Waals surface area contributed by atoms with Crippen molar-refractivity contribution in [3.8, 4) is 22.5 Å². The summed E-state index contributed by atoms with van der Waals surface area (Å²) in [6, 6.07) is 17.5. The van der Waals surface area contributed by atoms with Crippen molar-refractivity contribution >= 4 is 23.3 Å². The van der Waals surface area contributed by atoms with Gasteiger partial charge in [0.25, 0.3) is 0 Å². The van der Waals surface area contributed by atoms with Crippen molar-refractivity contribution in [1.82, 2.24) is 14.4 Å². The van der Waals surface area contributed by atoms with Crippen molar-refractivity contribution in [2.75, 3.05) is 5.75 Å². The SMILES string of the molecule is CCCCCSc1nc(-c2ccccc2)cn2c(-c3ccc(C(N)=O)cc3)cnc12. The van der Waals surface area contributed by atoms with Gasteiger partial charge in [0, 0.05) is 22.9 Å². The molecular formula is C24H24N4OS. The summed E-state index contributed by atoms with van der Waals surface area (Å²) in [5.74, 6) is 0.588. The lowest BCUT2D eigenvalue weighted by molar-refractivity contribution is 0.100. The van der Waals surface area contributed by atoms with Crippen molar-refractivity contribution < 1.29 is 4.79 Å². The van der Waals surface area contributed by atoms with Gasteiger partial charge in [0.15, 0.2) is 5.65 Å². The molecule has 0 saturated carbocycles. The number of benzene rings is 2. The summed E-state index contributed by atoms with van der Waals surface area (Å²) in [7, 11) is 0. The predicted molar refractivity (Wildman–Crippen MR) is 123 cm³/mol. The first-order valence-electron chi connectivity index (χ1n) is 10.1. The summed E-state index contributed by atoms with van der Waals surface area (Å²) in [5.41, 5.74) is 10.6. The number of nitrogens with two attached hydrogens (primary N) is 1. The van der Waals surface area contributed by atoms with Crippen LogP contribution in [0, 0.1) is 0 Å². The zero-order valence-electron chi connectivity index (χ0n) is 16.9. The zero-order valence-corrected chi connectivity index (χ0v) is 17.7. The van der Waals surface area contributed by atoms with Gasteiger partial charge in [0.1, 0.15) is 5.03 Å². The highest BCUT2D eigenvalue weighted by atomic mass is 32.2. The summed E-state index contributed by atoms with van der Waals surface area (Å²) in [6.45, 7) is 2.21. The molecule has 1 amide bonds. The first-order chi connectivity index (χ1) is 14.7. The Labute approximate surface area is 180 Å². The first kappa shape index (κ1) is 20.2. The van der Waals surface area contributed by atoms with Gasteiger partial charge in [-0.3, -0.25) is 9.20 Å². The molecule has 30 heavy (non-hydrogen) atoms. The maximum Gasteiger partial charge on any atom is 0.248 e. The molecule has 2 heterocycles. The number of aromatic nitrogens is 3. The summed E-state index contributed by atoms with van der Waals surface area (Å²) in [4.78, 5) is 21.0. The van der Waals surface area contributed by atoms with Gasteiger partial charge in [-0.05, 0) is 24.3 Å². The fourth-order valence-electron chi connectivity index (χ4n) is 3.34. The second-order valence-electron chi connectivity index (χ2n) is 7.13. The summed E-state index contributed by atoms with van der Waals surface area (Å²) >= 11 is 1.76. The van der Waals surface area contributed by atoms with E-state index in [9.17, 15) is 4.79 Å². The highest BCUT2D eigenvalue weighted by molar-refractivity contribution is 7.99. The fourth-order valence-corrected chi connectivity index (χ4v) is 4.33. The standard InChI is InChI=1S/C24H24N4OS/c1-2-3-7-14-30-24-23-26-15-21(18-10-12-19(13-11-18)22(25)29)28(23)16-20(27-24)17-8-5-4-6-9-17/h4-6,8-13,15-16H,2-3,7,14H2,1H3,(H2,25,29). The molecule has 6 heteroatoms. The number of carbonyl (C=O) groups excluding carboxylic acids is 1. The number of amides is 1. The van der Waals surface area contributed by atoms with E-state index in [1.807, 2.05) is 42.7 Å². The van der Waals surface area contributed by atoms with Crippen molar-refractivity contribution in [2.24, 2.45) is 5.73 Å². The van der Waals surface area contributed by atoms with Crippen molar-refractivity contribution in [3.05, 3.63) is 72.6 Å². The van der Waals surface area contributed by atoms with E-state index in [2.05, 4.69) is 28.4 Å². The minimum atomic E-state index is -0.430. The topological polar surface area (TPSA) is 73.3 Å². The van der Waals surface area contributed by atoms with Gasteiger partial charge in [0.05, 0.1) is 17.6 Å². The number of unbranched alkanes of at least 4 members (excludes halogenated alkanes) is 2. The van der Waals surface area contributed by atoms with Crippen molar-refractivity contribution in [2.45, 2.75) is 31.2 Å². The highest BCUT2D eigenvalue weighted by Gasteiger charge is 2.14. The van der Waals surface area contributed by atoms with Crippen LogP contribution in [0.15, 0.2) is 72.0 Å². The summed E-state index contributed by atoms with van der Waals surface area (Å²) < 4.78 is 2.09. The molecule has 2 N–H and O–H groups in total. The van der Waals surface area contributed by atoms with Crippen LogP contribution in [0.25, 0.3) is 28.2 Å². The lowest BCUT2D eigenvalue weighted by Gasteiger charge is -2.10. The van der Waals surface area contributed by atoms with Gasteiger partial charge in [0.2, 0.25) is 5.91 Å². The smallest absolute Gasteiger partial charge is 0.248 e. The molecule has 0 aliphatic heterocycles. The molecule has 2 aromatic heterocycles. The normalized spacial score (nSPS) is 11.1. The molecule has 4 aromatic rings. The number of imidazole rings is 1. The minimum Gasteiger partial charge on any atom is -0.366 e. The largest absolute Gasteiger partial charge is 0.366 e. The van der Waals surface area contributed by atoms with Crippen molar-refractivity contribution in [3.63, 3.8) is 0 Å². The molecule has 0 fully saturated rings. The number of hydrogen-bond donors (Lipinski definition) is 1. The molecule has 0 saturated heterocycles. The van der Waals surface area contributed by atoms with Gasteiger partial charge >= 0.3 is 0 Å². The molecule has 0 unspecified atom stereocenters. The second-order valence-corrected chi connectivity index (χ2v) is 8.22. The quantitative estimate of drug-likeness (QED) is 0.306. The van der Waals surface area contributed by atoms with Crippen LogP contribution in [-0.4, -0.2) is 26.0 Å². The lowest BCUT2D eigenvalue weighted by Crippen LogP contribution is -2.10. The van der Waals surface area contributed by atoms with Crippen molar-refractivity contribution in [1.29, 1.82) is 0 Å². The Bertz CT molecular complexity index is 1150.